The molecule has 98 valence electrons. The van der Waals surface area contributed by atoms with Crippen LogP contribution >= 0.6 is 27.5 Å². The minimum atomic E-state index is 0.0781. The molecule has 0 unspecified atom stereocenters. The Morgan fingerprint density at radius 1 is 1.39 bits per heavy atom. The lowest BCUT2D eigenvalue weighted by Crippen LogP contribution is -2.33. The first-order chi connectivity index (χ1) is 8.68. The van der Waals surface area contributed by atoms with Gasteiger partial charge < -0.3 is 5.32 Å². The summed E-state index contributed by atoms with van der Waals surface area (Å²) in [5.41, 5.74) is 0.594. The van der Waals surface area contributed by atoms with Gasteiger partial charge in [-0.05, 0) is 47.6 Å². The third kappa shape index (κ3) is 3.54. The van der Waals surface area contributed by atoms with E-state index < -0.39 is 0 Å². The van der Waals surface area contributed by atoms with Crippen LogP contribution in [0.1, 0.15) is 16.8 Å². The Morgan fingerprint density at radius 3 is 3.00 bits per heavy atom. The summed E-state index contributed by atoms with van der Waals surface area (Å²) in [7, 11) is 0. The molecular weight excluding hydrogens is 316 g/mol. The third-order valence-corrected chi connectivity index (χ3v) is 4.02. The van der Waals surface area contributed by atoms with Crippen LogP contribution in [0.3, 0.4) is 0 Å². The first kappa shape index (κ1) is 14.0. The molecule has 0 bridgehead atoms. The summed E-state index contributed by atoms with van der Waals surface area (Å²) in [6.07, 6.45) is 1.08. The average Bonchev–Trinajstić information content (AvgIpc) is 2.57. The molecule has 0 radical (unpaired) electrons. The van der Waals surface area contributed by atoms with Crippen molar-refractivity contribution in [2.24, 2.45) is 0 Å². The maximum atomic E-state index is 12.3. The molecule has 0 aromatic heterocycles. The van der Waals surface area contributed by atoms with Gasteiger partial charge in [0.1, 0.15) is 0 Å². The number of nitrogens with zero attached hydrogens (tertiary/aromatic N) is 1. The van der Waals surface area contributed by atoms with Crippen molar-refractivity contribution in [3.63, 3.8) is 0 Å². The van der Waals surface area contributed by atoms with Gasteiger partial charge in [-0.15, -0.1) is 0 Å². The zero-order valence-corrected chi connectivity index (χ0v) is 12.4. The van der Waals surface area contributed by atoms with E-state index in [2.05, 4.69) is 26.1 Å². The Bertz CT molecular complexity index is 411. The second-order valence-corrected chi connectivity index (χ2v) is 5.66. The summed E-state index contributed by atoms with van der Waals surface area (Å²) >= 11 is 9.48. The van der Waals surface area contributed by atoms with Crippen LogP contribution in [-0.4, -0.2) is 43.4 Å². The van der Waals surface area contributed by atoms with Gasteiger partial charge in [0, 0.05) is 17.6 Å². The molecular formula is C13H16BrClN2O. The van der Waals surface area contributed by atoms with E-state index in [1.54, 1.807) is 6.07 Å². The standard InChI is InChI=1S/C13H16BrClN2O/c14-10-3-1-4-11(15)13(10)12(18)9-17-7-2-5-16-6-8-17/h1,3-4,16H,2,5-9H2. The summed E-state index contributed by atoms with van der Waals surface area (Å²) in [6.45, 7) is 4.27. The Balaban J connectivity index is 2.07. The Kier molecular flexibility index (Phi) is 5.18. The number of Topliss-reactive ketones (excluding diaryl/α,β-unsaturated/α-hetero) is 1. The zero-order valence-electron chi connectivity index (χ0n) is 10.1. The highest BCUT2D eigenvalue weighted by Gasteiger charge is 2.18. The monoisotopic (exact) mass is 330 g/mol. The molecule has 1 aliphatic rings. The SMILES string of the molecule is O=C(CN1CCCNCC1)c1c(Cl)cccc1Br. The number of nitrogens with one attached hydrogen (secondary N) is 1. The largest absolute Gasteiger partial charge is 0.315 e. The highest BCUT2D eigenvalue weighted by Crippen LogP contribution is 2.25. The van der Waals surface area contributed by atoms with E-state index in [9.17, 15) is 4.79 Å². The van der Waals surface area contributed by atoms with Crippen LogP contribution in [0.5, 0.6) is 0 Å². The quantitative estimate of drug-likeness (QED) is 0.864. The first-order valence-corrected chi connectivity index (χ1v) is 7.26. The fourth-order valence-corrected chi connectivity index (χ4v) is 3.09. The molecule has 18 heavy (non-hydrogen) atoms. The van der Waals surface area contributed by atoms with Gasteiger partial charge in [-0.3, -0.25) is 9.69 Å². The molecule has 2 rings (SSSR count). The summed E-state index contributed by atoms with van der Waals surface area (Å²) in [5.74, 6) is 0.0781. The van der Waals surface area contributed by atoms with Gasteiger partial charge in [0.15, 0.2) is 5.78 Å². The predicted octanol–water partition coefficient (Wildman–Crippen LogP) is 2.58. The fourth-order valence-electron chi connectivity index (χ4n) is 2.11. The van der Waals surface area contributed by atoms with Crippen molar-refractivity contribution < 1.29 is 4.79 Å². The Morgan fingerprint density at radius 2 is 2.22 bits per heavy atom. The van der Waals surface area contributed by atoms with Crippen LogP contribution in [0.25, 0.3) is 0 Å². The van der Waals surface area contributed by atoms with Crippen LogP contribution in [0.15, 0.2) is 22.7 Å². The van der Waals surface area contributed by atoms with Crippen LogP contribution in [0, 0.1) is 0 Å². The van der Waals surface area contributed by atoms with E-state index in [-0.39, 0.29) is 5.78 Å². The molecule has 3 nitrogen and oxygen atoms in total. The Hall–Kier alpha value is -0.420. The summed E-state index contributed by atoms with van der Waals surface area (Å²) in [4.78, 5) is 14.5. The molecule has 0 saturated carbocycles. The minimum Gasteiger partial charge on any atom is -0.315 e. The topological polar surface area (TPSA) is 32.3 Å². The van der Waals surface area contributed by atoms with Gasteiger partial charge in [0.2, 0.25) is 0 Å². The summed E-state index contributed by atoms with van der Waals surface area (Å²) in [5, 5.41) is 3.84. The number of rotatable bonds is 3. The average molecular weight is 332 g/mol. The lowest BCUT2D eigenvalue weighted by Gasteiger charge is -2.19. The predicted molar refractivity (Wildman–Crippen MR) is 77.4 cm³/mol. The number of ketones is 1. The number of halogens is 2. The molecule has 1 heterocycles. The normalized spacial score (nSPS) is 17.4. The number of benzene rings is 1. The van der Waals surface area contributed by atoms with Crippen molar-refractivity contribution in [1.29, 1.82) is 0 Å². The number of carbonyl (C=O) groups is 1. The molecule has 0 atom stereocenters. The van der Waals surface area contributed by atoms with E-state index >= 15 is 0 Å². The second-order valence-electron chi connectivity index (χ2n) is 4.40. The first-order valence-electron chi connectivity index (χ1n) is 6.09. The van der Waals surface area contributed by atoms with Crippen LogP contribution in [0.2, 0.25) is 5.02 Å². The van der Waals surface area contributed by atoms with Gasteiger partial charge in [0.05, 0.1) is 17.1 Å². The maximum Gasteiger partial charge on any atom is 0.179 e. The van der Waals surface area contributed by atoms with Crippen molar-refractivity contribution in [1.82, 2.24) is 10.2 Å². The minimum absolute atomic E-state index is 0.0781. The van der Waals surface area contributed by atoms with Crippen LogP contribution < -0.4 is 5.32 Å². The van der Waals surface area contributed by atoms with Crippen molar-refractivity contribution in [2.75, 3.05) is 32.7 Å². The lowest BCUT2D eigenvalue weighted by molar-refractivity contribution is 0.0934. The van der Waals surface area contributed by atoms with Gasteiger partial charge in [-0.25, -0.2) is 0 Å². The van der Waals surface area contributed by atoms with E-state index in [0.717, 1.165) is 37.1 Å². The van der Waals surface area contributed by atoms with Gasteiger partial charge in [-0.2, -0.15) is 0 Å². The maximum absolute atomic E-state index is 12.3. The van der Waals surface area contributed by atoms with Gasteiger partial charge >= 0.3 is 0 Å². The number of hydrogen-bond donors (Lipinski definition) is 1. The van der Waals surface area contributed by atoms with Gasteiger partial charge in [-0.1, -0.05) is 17.7 Å². The molecule has 1 aliphatic heterocycles. The fraction of sp³-hybridized carbons (Fsp3) is 0.462. The highest BCUT2D eigenvalue weighted by atomic mass is 79.9. The molecule has 1 aromatic carbocycles. The van der Waals surface area contributed by atoms with Gasteiger partial charge in [0.25, 0.3) is 0 Å². The zero-order chi connectivity index (χ0) is 13.0. The smallest absolute Gasteiger partial charge is 0.179 e. The van der Waals surface area contributed by atoms with E-state index in [1.165, 1.54) is 0 Å². The van der Waals surface area contributed by atoms with Crippen LogP contribution in [-0.2, 0) is 0 Å². The third-order valence-electron chi connectivity index (χ3n) is 3.04. The van der Waals surface area contributed by atoms with E-state index in [0.29, 0.717) is 17.1 Å². The molecule has 0 aliphatic carbocycles. The van der Waals surface area contributed by atoms with Crippen molar-refractivity contribution in [3.05, 3.63) is 33.3 Å². The molecule has 0 spiro atoms. The molecule has 0 amide bonds. The molecule has 1 aromatic rings. The van der Waals surface area contributed by atoms with E-state index in [4.69, 9.17) is 11.6 Å². The van der Waals surface area contributed by atoms with Crippen molar-refractivity contribution >= 4 is 33.3 Å². The molecule has 1 fully saturated rings. The van der Waals surface area contributed by atoms with Crippen LogP contribution in [0.4, 0.5) is 0 Å². The highest BCUT2D eigenvalue weighted by molar-refractivity contribution is 9.10. The number of carbonyl (C=O) groups excluding carboxylic acids is 1. The van der Waals surface area contributed by atoms with E-state index in [1.807, 2.05) is 12.1 Å². The summed E-state index contributed by atoms with van der Waals surface area (Å²) in [6, 6.07) is 5.44. The molecule has 1 saturated heterocycles. The molecule has 5 heteroatoms. The molecule has 1 N–H and O–H groups in total. The lowest BCUT2D eigenvalue weighted by atomic mass is 10.1. The van der Waals surface area contributed by atoms with Crippen molar-refractivity contribution in [2.45, 2.75) is 6.42 Å². The summed E-state index contributed by atoms with van der Waals surface area (Å²) < 4.78 is 0.771. The second kappa shape index (κ2) is 6.66. The Labute approximate surface area is 121 Å². The van der Waals surface area contributed by atoms with Crippen molar-refractivity contribution in [3.8, 4) is 0 Å². The number of hydrogen-bond acceptors (Lipinski definition) is 3.